The topological polar surface area (TPSA) is 53.5 Å². The van der Waals surface area contributed by atoms with Gasteiger partial charge in [0.15, 0.2) is 0 Å². The SMILES string of the molecule is c1ccc(OCCN2CCN(c3ncnc4c3CCNCC4)CC2)cc1. The maximum Gasteiger partial charge on any atom is 0.135 e. The van der Waals surface area contributed by atoms with Crippen molar-refractivity contribution in [1.82, 2.24) is 20.2 Å². The van der Waals surface area contributed by atoms with Crippen LogP contribution >= 0.6 is 0 Å². The van der Waals surface area contributed by atoms with Gasteiger partial charge in [0.1, 0.15) is 24.5 Å². The van der Waals surface area contributed by atoms with Crippen LogP contribution in [0.3, 0.4) is 0 Å². The van der Waals surface area contributed by atoms with Crippen molar-refractivity contribution in [3.8, 4) is 5.75 Å². The summed E-state index contributed by atoms with van der Waals surface area (Å²) < 4.78 is 5.83. The van der Waals surface area contributed by atoms with Crippen LogP contribution in [0, 0.1) is 0 Å². The first-order valence-corrected chi connectivity index (χ1v) is 9.59. The molecule has 4 rings (SSSR count). The van der Waals surface area contributed by atoms with E-state index in [1.807, 2.05) is 30.3 Å². The van der Waals surface area contributed by atoms with Crippen LogP contribution < -0.4 is 15.0 Å². The molecular weight excluding hydrogens is 326 g/mol. The maximum absolute atomic E-state index is 5.83. The van der Waals surface area contributed by atoms with E-state index in [-0.39, 0.29) is 0 Å². The number of aromatic nitrogens is 2. The van der Waals surface area contributed by atoms with Crippen molar-refractivity contribution in [3.05, 3.63) is 47.9 Å². The molecule has 1 fully saturated rings. The van der Waals surface area contributed by atoms with Crippen LogP contribution in [0.5, 0.6) is 5.75 Å². The van der Waals surface area contributed by atoms with Crippen LogP contribution in [0.2, 0.25) is 0 Å². The third-order valence-electron chi connectivity index (χ3n) is 5.19. The molecule has 26 heavy (non-hydrogen) atoms. The van der Waals surface area contributed by atoms with Gasteiger partial charge in [-0.25, -0.2) is 9.97 Å². The zero-order chi connectivity index (χ0) is 17.6. The van der Waals surface area contributed by atoms with Crippen LogP contribution in [0.25, 0.3) is 0 Å². The highest BCUT2D eigenvalue weighted by Gasteiger charge is 2.22. The monoisotopic (exact) mass is 353 g/mol. The summed E-state index contributed by atoms with van der Waals surface area (Å²) in [6, 6.07) is 10.0. The predicted molar refractivity (Wildman–Crippen MR) is 103 cm³/mol. The van der Waals surface area contributed by atoms with E-state index >= 15 is 0 Å². The first-order chi connectivity index (χ1) is 12.9. The number of fused-ring (bicyclic) bond motifs is 1. The molecule has 1 N–H and O–H groups in total. The largest absolute Gasteiger partial charge is 0.492 e. The zero-order valence-electron chi connectivity index (χ0n) is 15.2. The van der Waals surface area contributed by atoms with Crippen molar-refractivity contribution in [2.45, 2.75) is 12.8 Å². The number of rotatable bonds is 5. The van der Waals surface area contributed by atoms with Gasteiger partial charge in [-0.1, -0.05) is 18.2 Å². The van der Waals surface area contributed by atoms with E-state index in [9.17, 15) is 0 Å². The van der Waals surface area contributed by atoms with Crippen molar-refractivity contribution in [1.29, 1.82) is 0 Å². The number of para-hydroxylation sites is 1. The van der Waals surface area contributed by atoms with E-state index < -0.39 is 0 Å². The summed E-state index contributed by atoms with van der Waals surface area (Å²) in [4.78, 5) is 14.0. The smallest absolute Gasteiger partial charge is 0.135 e. The fraction of sp³-hybridized carbons (Fsp3) is 0.500. The molecule has 0 radical (unpaired) electrons. The van der Waals surface area contributed by atoms with Gasteiger partial charge in [-0.2, -0.15) is 0 Å². The molecule has 0 spiro atoms. The Bertz CT molecular complexity index is 701. The highest BCUT2D eigenvalue weighted by molar-refractivity contribution is 5.49. The number of hydrogen-bond acceptors (Lipinski definition) is 6. The average molecular weight is 353 g/mol. The molecule has 2 aromatic rings. The van der Waals surface area contributed by atoms with Crippen molar-refractivity contribution >= 4 is 5.82 Å². The van der Waals surface area contributed by atoms with Gasteiger partial charge in [0.05, 0.1) is 5.69 Å². The van der Waals surface area contributed by atoms with Gasteiger partial charge in [0.25, 0.3) is 0 Å². The highest BCUT2D eigenvalue weighted by atomic mass is 16.5. The average Bonchev–Trinajstić information content (AvgIpc) is 2.95. The van der Waals surface area contributed by atoms with E-state index in [1.54, 1.807) is 6.33 Å². The summed E-state index contributed by atoms with van der Waals surface area (Å²) in [6.07, 6.45) is 3.76. The summed E-state index contributed by atoms with van der Waals surface area (Å²) in [5.74, 6) is 2.10. The standard InChI is InChI=1S/C20H27N5O/c1-2-4-17(5-3-1)26-15-14-24-10-12-25(13-11-24)20-18-6-8-21-9-7-19(18)22-16-23-20/h1-5,16,21H,6-15H2. The van der Waals surface area contributed by atoms with Crippen LogP contribution in [-0.2, 0) is 12.8 Å². The van der Waals surface area contributed by atoms with Crippen molar-refractivity contribution in [2.75, 3.05) is 57.3 Å². The normalized spacial score (nSPS) is 18.2. The summed E-state index contributed by atoms with van der Waals surface area (Å²) in [7, 11) is 0. The Hall–Kier alpha value is -2.18. The summed E-state index contributed by atoms with van der Waals surface area (Å²) in [5.41, 5.74) is 2.57. The Morgan fingerprint density at radius 3 is 2.62 bits per heavy atom. The van der Waals surface area contributed by atoms with E-state index in [4.69, 9.17) is 4.74 Å². The van der Waals surface area contributed by atoms with Crippen molar-refractivity contribution < 1.29 is 4.74 Å². The molecule has 1 aromatic heterocycles. The molecule has 138 valence electrons. The Morgan fingerprint density at radius 2 is 1.77 bits per heavy atom. The molecular formula is C20H27N5O. The van der Waals surface area contributed by atoms with E-state index in [0.29, 0.717) is 0 Å². The molecule has 0 aliphatic carbocycles. The lowest BCUT2D eigenvalue weighted by molar-refractivity contribution is 0.200. The van der Waals surface area contributed by atoms with Crippen LogP contribution in [0.15, 0.2) is 36.7 Å². The molecule has 0 atom stereocenters. The molecule has 6 heteroatoms. The minimum absolute atomic E-state index is 0.735. The van der Waals surface area contributed by atoms with Gasteiger partial charge >= 0.3 is 0 Å². The number of anilines is 1. The zero-order valence-corrected chi connectivity index (χ0v) is 15.2. The summed E-state index contributed by atoms with van der Waals surface area (Å²) >= 11 is 0. The minimum atomic E-state index is 0.735. The second-order valence-electron chi connectivity index (χ2n) is 6.86. The predicted octanol–water partition coefficient (Wildman–Crippen LogP) is 1.37. The minimum Gasteiger partial charge on any atom is -0.492 e. The lowest BCUT2D eigenvalue weighted by atomic mass is 10.1. The molecule has 2 aliphatic rings. The first-order valence-electron chi connectivity index (χ1n) is 9.59. The highest BCUT2D eigenvalue weighted by Crippen LogP contribution is 2.23. The number of piperazine rings is 1. The number of hydrogen-bond donors (Lipinski definition) is 1. The van der Waals surface area contributed by atoms with Crippen LogP contribution in [-0.4, -0.2) is 67.3 Å². The Morgan fingerprint density at radius 1 is 0.962 bits per heavy atom. The Balaban J connectivity index is 1.30. The van der Waals surface area contributed by atoms with E-state index in [2.05, 4.69) is 25.1 Å². The molecule has 0 unspecified atom stereocenters. The lowest BCUT2D eigenvalue weighted by Crippen LogP contribution is -2.48. The summed E-state index contributed by atoms with van der Waals surface area (Å²) in [5, 5.41) is 3.46. The second kappa shape index (κ2) is 8.47. The number of benzene rings is 1. The van der Waals surface area contributed by atoms with Crippen LogP contribution in [0.4, 0.5) is 5.82 Å². The second-order valence-corrected chi connectivity index (χ2v) is 6.86. The number of nitrogens with zero attached hydrogens (tertiary/aromatic N) is 4. The first kappa shape index (κ1) is 17.2. The van der Waals surface area contributed by atoms with Crippen molar-refractivity contribution in [3.63, 3.8) is 0 Å². The number of ether oxygens (including phenoxy) is 1. The Labute approximate surface area is 155 Å². The van der Waals surface area contributed by atoms with Gasteiger partial charge in [-0.3, -0.25) is 4.90 Å². The van der Waals surface area contributed by atoms with E-state index in [1.165, 1.54) is 11.3 Å². The third kappa shape index (κ3) is 4.14. The van der Waals surface area contributed by atoms with Gasteiger partial charge in [-0.05, 0) is 25.1 Å². The quantitative estimate of drug-likeness (QED) is 0.876. The van der Waals surface area contributed by atoms with Crippen molar-refractivity contribution in [2.24, 2.45) is 0 Å². The van der Waals surface area contributed by atoms with Gasteiger partial charge < -0.3 is 15.0 Å². The molecule has 0 amide bonds. The maximum atomic E-state index is 5.83. The Kier molecular flexibility index (Phi) is 5.62. The molecule has 0 saturated carbocycles. The molecule has 3 heterocycles. The lowest BCUT2D eigenvalue weighted by Gasteiger charge is -2.36. The molecule has 1 aromatic carbocycles. The van der Waals surface area contributed by atoms with E-state index in [0.717, 1.165) is 76.8 Å². The molecule has 0 bridgehead atoms. The third-order valence-corrected chi connectivity index (χ3v) is 5.19. The van der Waals surface area contributed by atoms with Crippen LogP contribution in [0.1, 0.15) is 11.3 Å². The van der Waals surface area contributed by atoms with Gasteiger partial charge in [-0.15, -0.1) is 0 Å². The molecule has 2 aliphatic heterocycles. The fourth-order valence-electron chi connectivity index (χ4n) is 3.72. The van der Waals surface area contributed by atoms with Gasteiger partial charge in [0, 0.05) is 51.3 Å². The fourth-order valence-corrected chi connectivity index (χ4v) is 3.72. The summed E-state index contributed by atoms with van der Waals surface area (Å²) in [6.45, 7) is 7.87. The molecule has 6 nitrogen and oxygen atoms in total. The number of nitrogens with one attached hydrogen (secondary N) is 1. The molecule has 1 saturated heterocycles. The van der Waals surface area contributed by atoms with Gasteiger partial charge in [0.2, 0.25) is 0 Å².